The minimum Gasteiger partial charge on any atom is -0.391 e. The Bertz CT molecular complexity index is 502. The predicted octanol–water partition coefficient (Wildman–Crippen LogP) is 1.11. The number of rotatable bonds is 8. The highest BCUT2D eigenvalue weighted by atomic mass is 32.2. The first-order valence-electron chi connectivity index (χ1n) is 5.42. The quantitative estimate of drug-likeness (QED) is 0.705. The number of thiophene rings is 1. The summed E-state index contributed by atoms with van der Waals surface area (Å²) in [5.74, 6) is 0. The zero-order chi connectivity index (χ0) is 14.5. The molecule has 1 aromatic heterocycles. The molecule has 0 aliphatic heterocycles. The highest BCUT2D eigenvalue weighted by molar-refractivity contribution is 7.89. The van der Waals surface area contributed by atoms with E-state index in [-0.39, 0.29) is 24.7 Å². The minimum atomic E-state index is -3.70. The molecule has 0 radical (unpaired) electrons. The summed E-state index contributed by atoms with van der Waals surface area (Å²) in [6, 6.07) is 1.39. The van der Waals surface area contributed by atoms with E-state index < -0.39 is 23.1 Å². The molecule has 5 nitrogen and oxygen atoms in total. The molecule has 1 aromatic rings. The average molecular weight is 315 g/mol. The Labute approximate surface area is 114 Å². The zero-order valence-electron chi connectivity index (χ0n) is 10.2. The number of aliphatic hydroxyl groups is 1. The second kappa shape index (κ2) is 7.25. The van der Waals surface area contributed by atoms with Crippen molar-refractivity contribution in [3.05, 3.63) is 15.8 Å². The van der Waals surface area contributed by atoms with Crippen LogP contribution in [0.5, 0.6) is 0 Å². The van der Waals surface area contributed by atoms with E-state index in [2.05, 4.69) is 9.46 Å². The molecule has 9 heteroatoms. The van der Waals surface area contributed by atoms with Crippen molar-refractivity contribution in [2.75, 3.05) is 19.8 Å². The lowest BCUT2D eigenvalue weighted by Crippen LogP contribution is -2.28. The molecule has 0 amide bonds. The first kappa shape index (κ1) is 16.4. The van der Waals surface area contributed by atoms with E-state index in [1.54, 1.807) is 6.92 Å². The molecule has 0 unspecified atom stereocenters. The van der Waals surface area contributed by atoms with Gasteiger partial charge in [-0.05, 0) is 13.0 Å². The third-order valence-corrected chi connectivity index (χ3v) is 4.90. The summed E-state index contributed by atoms with van der Waals surface area (Å²) in [5, 5.41) is 8.94. The molecule has 0 saturated heterocycles. The van der Waals surface area contributed by atoms with Gasteiger partial charge in [-0.3, -0.25) is 0 Å². The number of aliphatic hydroxyl groups excluding tert-OH is 1. The van der Waals surface area contributed by atoms with Gasteiger partial charge in [0.25, 0.3) is 6.43 Å². The van der Waals surface area contributed by atoms with Crippen LogP contribution < -0.4 is 4.72 Å². The van der Waals surface area contributed by atoms with E-state index in [1.165, 1.54) is 17.4 Å². The van der Waals surface area contributed by atoms with E-state index in [9.17, 15) is 17.2 Å². The fourth-order valence-electron chi connectivity index (χ4n) is 1.37. The zero-order valence-corrected chi connectivity index (χ0v) is 11.9. The summed E-state index contributed by atoms with van der Waals surface area (Å²) in [5.41, 5.74) is 0. The van der Waals surface area contributed by atoms with Gasteiger partial charge in [0.05, 0.1) is 18.1 Å². The third-order valence-electron chi connectivity index (χ3n) is 2.15. The Balaban J connectivity index is 2.53. The van der Waals surface area contributed by atoms with Gasteiger partial charge in [-0.15, -0.1) is 11.3 Å². The molecule has 0 aliphatic carbocycles. The summed E-state index contributed by atoms with van der Waals surface area (Å²) >= 11 is 1.19. The molecule has 19 heavy (non-hydrogen) atoms. The smallest absolute Gasteiger partial charge is 0.261 e. The summed E-state index contributed by atoms with van der Waals surface area (Å²) in [6.07, 6.45) is -2.57. The number of nitrogens with one attached hydrogen (secondary N) is 1. The molecule has 1 rings (SSSR count). The number of aryl methyl sites for hydroxylation is 1. The van der Waals surface area contributed by atoms with Gasteiger partial charge in [0.2, 0.25) is 10.0 Å². The van der Waals surface area contributed by atoms with Crippen molar-refractivity contribution in [1.82, 2.24) is 4.72 Å². The Hall–Kier alpha value is -0.610. The van der Waals surface area contributed by atoms with Gasteiger partial charge in [-0.2, -0.15) is 0 Å². The normalized spacial score (nSPS) is 12.3. The van der Waals surface area contributed by atoms with E-state index in [4.69, 9.17) is 5.11 Å². The van der Waals surface area contributed by atoms with Crippen LogP contribution in [0.1, 0.15) is 9.75 Å². The largest absolute Gasteiger partial charge is 0.391 e. The summed E-state index contributed by atoms with van der Waals surface area (Å²) < 4.78 is 54.1. The van der Waals surface area contributed by atoms with Crippen molar-refractivity contribution < 1.29 is 27.0 Å². The molecular weight excluding hydrogens is 300 g/mol. The molecular formula is C10H15F2NO4S2. The molecule has 0 spiro atoms. The summed E-state index contributed by atoms with van der Waals surface area (Å²) in [7, 11) is -3.70. The maximum atomic E-state index is 11.9. The van der Waals surface area contributed by atoms with Gasteiger partial charge in [-0.25, -0.2) is 21.9 Å². The minimum absolute atomic E-state index is 0.0845. The van der Waals surface area contributed by atoms with Crippen LogP contribution >= 0.6 is 11.3 Å². The van der Waals surface area contributed by atoms with Crippen LogP contribution in [0.15, 0.2) is 11.0 Å². The van der Waals surface area contributed by atoms with Crippen molar-refractivity contribution in [3.63, 3.8) is 0 Å². The molecule has 0 aromatic carbocycles. The van der Waals surface area contributed by atoms with Crippen molar-refractivity contribution in [2.24, 2.45) is 0 Å². The number of alkyl halides is 2. The third kappa shape index (κ3) is 5.11. The number of hydrogen-bond donors (Lipinski definition) is 2. The van der Waals surface area contributed by atoms with E-state index in [1.807, 2.05) is 0 Å². The van der Waals surface area contributed by atoms with Crippen LogP contribution in [-0.2, 0) is 21.4 Å². The second-order valence-corrected chi connectivity index (χ2v) is 6.73. The SMILES string of the molecule is Cc1sc(CO)cc1S(=O)(=O)NCCOCC(F)F. The van der Waals surface area contributed by atoms with Gasteiger partial charge in [0.1, 0.15) is 6.61 Å². The molecule has 0 atom stereocenters. The van der Waals surface area contributed by atoms with Crippen LogP contribution in [0, 0.1) is 6.92 Å². The first-order chi connectivity index (χ1) is 8.86. The van der Waals surface area contributed by atoms with E-state index in [0.717, 1.165) is 0 Å². The molecule has 0 saturated carbocycles. The maximum Gasteiger partial charge on any atom is 0.261 e. The average Bonchev–Trinajstić information content (AvgIpc) is 2.70. The van der Waals surface area contributed by atoms with Crippen LogP contribution in [-0.4, -0.2) is 39.7 Å². The molecule has 2 N–H and O–H groups in total. The molecule has 0 aliphatic rings. The summed E-state index contributed by atoms with van der Waals surface area (Å²) in [4.78, 5) is 1.20. The number of halogens is 2. The first-order valence-corrected chi connectivity index (χ1v) is 7.72. The van der Waals surface area contributed by atoms with Crippen LogP contribution in [0.3, 0.4) is 0 Å². The number of sulfonamides is 1. The Kier molecular flexibility index (Phi) is 6.27. The van der Waals surface area contributed by atoms with Gasteiger partial charge in [-0.1, -0.05) is 0 Å². The molecule has 110 valence electrons. The van der Waals surface area contributed by atoms with Gasteiger partial charge >= 0.3 is 0 Å². The predicted molar refractivity (Wildman–Crippen MR) is 67.0 cm³/mol. The number of hydrogen-bond acceptors (Lipinski definition) is 5. The fraction of sp³-hybridized carbons (Fsp3) is 0.600. The second-order valence-electron chi connectivity index (χ2n) is 3.66. The van der Waals surface area contributed by atoms with Crippen LogP contribution in [0.2, 0.25) is 0 Å². The van der Waals surface area contributed by atoms with Crippen molar-refractivity contribution in [3.8, 4) is 0 Å². The molecule has 0 bridgehead atoms. The monoisotopic (exact) mass is 315 g/mol. The van der Waals surface area contributed by atoms with Gasteiger partial charge in [0.15, 0.2) is 0 Å². The summed E-state index contributed by atoms with van der Waals surface area (Å²) in [6.45, 7) is 0.483. The van der Waals surface area contributed by atoms with Crippen LogP contribution in [0.25, 0.3) is 0 Å². The Morgan fingerprint density at radius 3 is 2.74 bits per heavy atom. The molecule has 1 heterocycles. The molecule has 0 fully saturated rings. The van der Waals surface area contributed by atoms with Gasteiger partial charge < -0.3 is 9.84 Å². The van der Waals surface area contributed by atoms with E-state index in [0.29, 0.717) is 9.75 Å². The maximum absolute atomic E-state index is 11.9. The lowest BCUT2D eigenvalue weighted by Gasteiger charge is -2.06. The highest BCUT2D eigenvalue weighted by Gasteiger charge is 2.19. The lowest BCUT2D eigenvalue weighted by molar-refractivity contribution is 0.0199. The Morgan fingerprint density at radius 1 is 1.53 bits per heavy atom. The van der Waals surface area contributed by atoms with Crippen molar-refractivity contribution >= 4 is 21.4 Å². The Morgan fingerprint density at radius 2 is 2.21 bits per heavy atom. The van der Waals surface area contributed by atoms with E-state index >= 15 is 0 Å². The lowest BCUT2D eigenvalue weighted by atomic mass is 10.4. The topological polar surface area (TPSA) is 75.6 Å². The van der Waals surface area contributed by atoms with Crippen molar-refractivity contribution in [1.29, 1.82) is 0 Å². The van der Waals surface area contributed by atoms with Gasteiger partial charge in [0, 0.05) is 16.3 Å². The number of ether oxygens (including phenoxy) is 1. The fourth-order valence-corrected chi connectivity index (χ4v) is 3.87. The highest BCUT2D eigenvalue weighted by Crippen LogP contribution is 2.25. The standard InChI is InChI=1S/C10H15F2NO4S2/c1-7-9(4-8(5-14)18-7)19(15,16)13-2-3-17-6-10(11)12/h4,10,13-14H,2-3,5-6H2,1H3. The van der Waals surface area contributed by atoms with Crippen molar-refractivity contribution in [2.45, 2.75) is 24.9 Å². The van der Waals surface area contributed by atoms with Crippen LogP contribution in [0.4, 0.5) is 8.78 Å².